The summed E-state index contributed by atoms with van der Waals surface area (Å²) < 4.78 is 0. The van der Waals surface area contributed by atoms with Crippen LogP contribution in [0.4, 0.5) is 0 Å². The fraction of sp³-hybridized carbons (Fsp3) is 0.889. The Kier molecular flexibility index (Phi) is 1.29. The van der Waals surface area contributed by atoms with Gasteiger partial charge in [0.1, 0.15) is 0 Å². The zero-order valence-corrected chi connectivity index (χ0v) is 7.18. The third-order valence-electron chi connectivity index (χ3n) is 3.53. The van der Waals surface area contributed by atoms with Crippen molar-refractivity contribution in [2.24, 2.45) is 11.3 Å². The highest BCUT2D eigenvalue weighted by Gasteiger charge is 2.49. The van der Waals surface area contributed by atoms with Crippen LogP contribution in [0.25, 0.3) is 0 Å². The number of fused-ring (bicyclic) bond motifs is 3. The molecule has 2 atom stereocenters. The van der Waals surface area contributed by atoms with E-state index in [4.69, 9.17) is 0 Å². The highest BCUT2D eigenvalue weighted by molar-refractivity contribution is 5.77. The van der Waals surface area contributed by atoms with E-state index < -0.39 is 0 Å². The molecule has 2 bridgehead atoms. The van der Waals surface area contributed by atoms with Crippen LogP contribution >= 0.6 is 0 Å². The van der Waals surface area contributed by atoms with Crippen molar-refractivity contribution in [3.05, 3.63) is 0 Å². The van der Waals surface area contributed by atoms with Crippen molar-refractivity contribution in [2.45, 2.75) is 39.2 Å². The molecule has 1 N–H and O–H groups in total. The van der Waals surface area contributed by atoms with E-state index in [1.165, 1.54) is 6.42 Å². The van der Waals surface area contributed by atoms with Gasteiger partial charge in [0.25, 0.3) is 0 Å². The average molecular weight is 153 g/mol. The molecule has 2 saturated heterocycles. The maximum atomic E-state index is 11.1. The highest BCUT2D eigenvalue weighted by atomic mass is 16.1. The summed E-state index contributed by atoms with van der Waals surface area (Å²) in [4.78, 5) is 11.1. The molecule has 0 radical (unpaired) electrons. The fourth-order valence-corrected chi connectivity index (χ4v) is 2.32. The number of rotatable bonds is 0. The summed E-state index contributed by atoms with van der Waals surface area (Å²) in [7, 11) is 0. The molecule has 2 heteroatoms. The molecule has 1 aliphatic carbocycles. The molecule has 3 aliphatic rings. The Morgan fingerprint density at radius 1 is 1.55 bits per heavy atom. The van der Waals surface area contributed by atoms with Gasteiger partial charge in [-0.1, -0.05) is 13.8 Å². The lowest BCUT2D eigenvalue weighted by molar-refractivity contribution is -0.122. The first-order valence-electron chi connectivity index (χ1n) is 4.40. The molecular weight excluding hydrogens is 138 g/mol. The summed E-state index contributed by atoms with van der Waals surface area (Å²) in [6.45, 7) is 4.52. The van der Waals surface area contributed by atoms with Crippen molar-refractivity contribution < 1.29 is 4.79 Å². The molecule has 0 aromatic carbocycles. The van der Waals surface area contributed by atoms with E-state index in [0.717, 1.165) is 18.8 Å². The minimum atomic E-state index is 0.253. The van der Waals surface area contributed by atoms with Gasteiger partial charge in [-0.25, -0.2) is 0 Å². The summed E-state index contributed by atoms with van der Waals surface area (Å²) >= 11 is 0. The molecule has 11 heavy (non-hydrogen) atoms. The molecule has 1 saturated carbocycles. The van der Waals surface area contributed by atoms with Crippen LogP contribution < -0.4 is 5.32 Å². The zero-order valence-electron chi connectivity index (χ0n) is 7.18. The Bertz CT molecular complexity index is 198. The number of hydrogen-bond donors (Lipinski definition) is 1. The van der Waals surface area contributed by atoms with Crippen LogP contribution in [0.5, 0.6) is 0 Å². The van der Waals surface area contributed by atoms with Crippen molar-refractivity contribution in [3.63, 3.8) is 0 Å². The molecule has 62 valence electrons. The first kappa shape index (κ1) is 7.14. The number of amides is 1. The topological polar surface area (TPSA) is 29.1 Å². The van der Waals surface area contributed by atoms with Crippen molar-refractivity contribution in [3.8, 4) is 0 Å². The van der Waals surface area contributed by atoms with Crippen molar-refractivity contribution in [1.82, 2.24) is 5.32 Å². The van der Waals surface area contributed by atoms with Crippen molar-refractivity contribution in [2.75, 3.05) is 0 Å². The SMILES string of the molecule is CC1(C)C2CCC(=O)NC1C2. The van der Waals surface area contributed by atoms with Gasteiger partial charge in [0, 0.05) is 12.5 Å². The molecule has 0 aromatic rings. The second-order valence-corrected chi connectivity index (χ2v) is 4.41. The average Bonchev–Trinajstić information content (AvgIpc) is 2.17. The van der Waals surface area contributed by atoms with Crippen LogP contribution in [-0.4, -0.2) is 11.9 Å². The van der Waals surface area contributed by atoms with Crippen LogP contribution in [0.1, 0.15) is 33.1 Å². The maximum absolute atomic E-state index is 11.1. The second-order valence-electron chi connectivity index (χ2n) is 4.41. The van der Waals surface area contributed by atoms with E-state index in [2.05, 4.69) is 19.2 Å². The predicted molar refractivity (Wildman–Crippen MR) is 43.1 cm³/mol. The predicted octanol–water partition coefficient (Wildman–Crippen LogP) is 1.31. The minimum absolute atomic E-state index is 0.253. The van der Waals surface area contributed by atoms with Crippen LogP contribution in [0.2, 0.25) is 0 Å². The maximum Gasteiger partial charge on any atom is 0.220 e. The van der Waals surface area contributed by atoms with Crippen LogP contribution in [0.3, 0.4) is 0 Å². The minimum Gasteiger partial charge on any atom is -0.353 e. The van der Waals surface area contributed by atoms with Gasteiger partial charge < -0.3 is 5.32 Å². The molecule has 3 fully saturated rings. The van der Waals surface area contributed by atoms with E-state index in [9.17, 15) is 4.79 Å². The molecular formula is C9H15NO. The van der Waals surface area contributed by atoms with Gasteiger partial charge in [-0.2, -0.15) is 0 Å². The Labute approximate surface area is 67.4 Å². The van der Waals surface area contributed by atoms with Gasteiger partial charge in [0.05, 0.1) is 0 Å². The second kappa shape index (κ2) is 1.99. The largest absolute Gasteiger partial charge is 0.353 e. The highest BCUT2D eigenvalue weighted by Crippen LogP contribution is 2.49. The summed E-state index contributed by atoms with van der Waals surface area (Å²) in [6, 6.07) is 0.461. The molecule has 2 unspecified atom stereocenters. The van der Waals surface area contributed by atoms with Crippen molar-refractivity contribution in [1.29, 1.82) is 0 Å². The third-order valence-corrected chi connectivity index (χ3v) is 3.53. The van der Waals surface area contributed by atoms with E-state index >= 15 is 0 Å². The molecule has 2 heterocycles. The van der Waals surface area contributed by atoms with Crippen LogP contribution in [-0.2, 0) is 4.79 Å². The smallest absolute Gasteiger partial charge is 0.220 e. The quantitative estimate of drug-likeness (QED) is 0.558. The fourth-order valence-electron chi connectivity index (χ4n) is 2.32. The zero-order chi connectivity index (χ0) is 8.06. The molecule has 2 aliphatic heterocycles. The molecule has 3 rings (SSSR count). The third kappa shape index (κ3) is 0.883. The Morgan fingerprint density at radius 3 is 2.91 bits per heavy atom. The summed E-state index contributed by atoms with van der Waals surface area (Å²) in [5.41, 5.74) is 0.367. The van der Waals surface area contributed by atoms with E-state index in [1.54, 1.807) is 0 Å². The Hall–Kier alpha value is -0.530. The molecule has 0 aromatic heterocycles. The lowest BCUT2D eigenvalue weighted by Gasteiger charge is -2.50. The van der Waals surface area contributed by atoms with Crippen LogP contribution in [0.15, 0.2) is 0 Å². The number of hydrogen-bond acceptors (Lipinski definition) is 1. The summed E-state index contributed by atoms with van der Waals surface area (Å²) in [5, 5.41) is 3.06. The number of carbonyl (C=O) groups excluding carboxylic acids is 1. The summed E-state index contributed by atoms with van der Waals surface area (Å²) in [6.07, 6.45) is 3.04. The van der Waals surface area contributed by atoms with Gasteiger partial charge in [-0.3, -0.25) is 4.79 Å². The molecule has 1 amide bonds. The lowest BCUT2D eigenvalue weighted by atomic mass is 9.58. The van der Waals surface area contributed by atoms with Gasteiger partial charge >= 0.3 is 0 Å². The van der Waals surface area contributed by atoms with E-state index in [-0.39, 0.29) is 5.91 Å². The van der Waals surface area contributed by atoms with Gasteiger partial charge in [0.15, 0.2) is 0 Å². The Morgan fingerprint density at radius 2 is 2.27 bits per heavy atom. The number of nitrogens with one attached hydrogen (secondary N) is 1. The first-order valence-corrected chi connectivity index (χ1v) is 4.40. The van der Waals surface area contributed by atoms with Crippen molar-refractivity contribution >= 4 is 5.91 Å². The Balaban J connectivity index is 2.17. The summed E-state index contributed by atoms with van der Waals surface area (Å²) in [5.74, 6) is 1.04. The van der Waals surface area contributed by atoms with Gasteiger partial charge in [-0.05, 0) is 24.2 Å². The first-order chi connectivity index (χ1) is 5.10. The normalized spacial score (nSPS) is 40.4. The van der Waals surface area contributed by atoms with E-state index in [0.29, 0.717) is 11.5 Å². The molecule has 2 nitrogen and oxygen atoms in total. The van der Waals surface area contributed by atoms with Crippen LogP contribution in [0, 0.1) is 11.3 Å². The molecule has 0 spiro atoms. The van der Waals surface area contributed by atoms with Gasteiger partial charge in [-0.15, -0.1) is 0 Å². The lowest BCUT2D eigenvalue weighted by Crippen LogP contribution is -2.55. The van der Waals surface area contributed by atoms with E-state index in [1.807, 2.05) is 0 Å². The standard InChI is InChI=1S/C9H15NO/c1-9(2)6-3-4-8(11)10-7(9)5-6/h6-7H,3-5H2,1-2H3,(H,10,11). The van der Waals surface area contributed by atoms with Gasteiger partial charge in [0.2, 0.25) is 5.91 Å². The number of carbonyl (C=O) groups is 1. The monoisotopic (exact) mass is 153 g/mol.